The van der Waals surface area contributed by atoms with Gasteiger partial charge in [-0.15, -0.1) is 13.2 Å². The first-order valence-corrected chi connectivity index (χ1v) is 4.47. The maximum Gasteiger partial charge on any atom is 0.573 e. The van der Waals surface area contributed by atoms with E-state index in [2.05, 4.69) is 4.74 Å². The van der Waals surface area contributed by atoms with Crippen molar-refractivity contribution in [1.29, 1.82) is 0 Å². The molecule has 0 aliphatic heterocycles. The predicted octanol–water partition coefficient (Wildman–Crippen LogP) is 2.47. The number of benzene rings is 1. The third-order valence-electron chi connectivity index (χ3n) is 1.69. The van der Waals surface area contributed by atoms with E-state index in [1.54, 1.807) is 13.0 Å². The fraction of sp³-hybridized carbons (Fsp3) is 0.400. The van der Waals surface area contributed by atoms with E-state index in [4.69, 9.17) is 5.73 Å². The lowest BCUT2D eigenvalue weighted by molar-refractivity contribution is -0.274. The van der Waals surface area contributed by atoms with E-state index in [1.165, 1.54) is 18.2 Å². The van der Waals surface area contributed by atoms with Crippen LogP contribution in [-0.2, 0) is 6.42 Å². The van der Waals surface area contributed by atoms with Crippen molar-refractivity contribution < 1.29 is 17.9 Å². The van der Waals surface area contributed by atoms with E-state index >= 15 is 0 Å². The van der Waals surface area contributed by atoms with E-state index in [9.17, 15) is 13.2 Å². The van der Waals surface area contributed by atoms with Crippen molar-refractivity contribution in [3.05, 3.63) is 29.8 Å². The first-order chi connectivity index (χ1) is 6.87. The van der Waals surface area contributed by atoms with Gasteiger partial charge in [-0.1, -0.05) is 12.1 Å². The summed E-state index contributed by atoms with van der Waals surface area (Å²) in [5.41, 5.74) is 6.27. The second-order valence-corrected chi connectivity index (χ2v) is 3.38. The van der Waals surface area contributed by atoms with Crippen LogP contribution < -0.4 is 10.5 Å². The van der Waals surface area contributed by atoms with Crippen molar-refractivity contribution in [2.24, 2.45) is 5.73 Å². The number of nitrogens with two attached hydrogens (primary N) is 1. The van der Waals surface area contributed by atoms with Crippen LogP contribution in [0.3, 0.4) is 0 Å². The van der Waals surface area contributed by atoms with Crippen LogP contribution in [0.1, 0.15) is 12.5 Å². The highest BCUT2D eigenvalue weighted by molar-refractivity contribution is 5.29. The zero-order valence-corrected chi connectivity index (χ0v) is 8.21. The standard InChI is InChI=1S/C10H12F3NO/c1-7(14)5-8-3-2-4-9(6-8)15-10(11,12)13/h2-4,6-7H,5,14H2,1H3. The molecule has 1 aromatic carbocycles. The molecule has 84 valence electrons. The third-order valence-corrected chi connectivity index (χ3v) is 1.69. The van der Waals surface area contributed by atoms with Crippen molar-refractivity contribution in [3.63, 3.8) is 0 Å². The van der Waals surface area contributed by atoms with Crippen LogP contribution in [0.5, 0.6) is 5.75 Å². The zero-order chi connectivity index (χ0) is 11.5. The minimum Gasteiger partial charge on any atom is -0.406 e. The van der Waals surface area contributed by atoms with Crippen molar-refractivity contribution in [2.45, 2.75) is 25.7 Å². The van der Waals surface area contributed by atoms with Crippen LogP contribution in [-0.4, -0.2) is 12.4 Å². The fourth-order valence-corrected chi connectivity index (χ4v) is 1.24. The van der Waals surface area contributed by atoms with E-state index in [1.807, 2.05) is 0 Å². The molecule has 0 radical (unpaired) electrons. The topological polar surface area (TPSA) is 35.2 Å². The lowest BCUT2D eigenvalue weighted by atomic mass is 10.1. The van der Waals surface area contributed by atoms with Gasteiger partial charge in [-0.05, 0) is 31.0 Å². The van der Waals surface area contributed by atoms with Gasteiger partial charge in [-0.2, -0.15) is 0 Å². The van der Waals surface area contributed by atoms with Gasteiger partial charge >= 0.3 is 6.36 Å². The van der Waals surface area contributed by atoms with Gasteiger partial charge in [0.2, 0.25) is 0 Å². The minimum atomic E-state index is -4.65. The van der Waals surface area contributed by atoms with Gasteiger partial charge in [0.1, 0.15) is 5.75 Å². The van der Waals surface area contributed by atoms with Crippen molar-refractivity contribution in [2.75, 3.05) is 0 Å². The van der Waals surface area contributed by atoms with Crippen LogP contribution in [0.2, 0.25) is 0 Å². The monoisotopic (exact) mass is 219 g/mol. The van der Waals surface area contributed by atoms with E-state index in [0.29, 0.717) is 6.42 Å². The molecule has 0 aliphatic carbocycles. The number of hydrogen-bond donors (Lipinski definition) is 1. The van der Waals surface area contributed by atoms with Gasteiger partial charge in [0.05, 0.1) is 0 Å². The summed E-state index contributed by atoms with van der Waals surface area (Å²) in [6.07, 6.45) is -4.12. The van der Waals surface area contributed by atoms with Crippen LogP contribution in [0.25, 0.3) is 0 Å². The first-order valence-electron chi connectivity index (χ1n) is 4.47. The third kappa shape index (κ3) is 4.69. The molecule has 0 heterocycles. The lowest BCUT2D eigenvalue weighted by Gasteiger charge is -2.10. The van der Waals surface area contributed by atoms with Gasteiger partial charge in [0, 0.05) is 6.04 Å². The zero-order valence-electron chi connectivity index (χ0n) is 8.21. The first kappa shape index (κ1) is 11.8. The maximum absolute atomic E-state index is 11.9. The average Bonchev–Trinajstić information content (AvgIpc) is 1.99. The number of ether oxygens (including phenoxy) is 1. The number of halogens is 3. The summed E-state index contributed by atoms with van der Waals surface area (Å²) >= 11 is 0. The molecule has 0 saturated heterocycles. The molecule has 5 heteroatoms. The fourth-order valence-electron chi connectivity index (χ4n) is 1.24. The molecule has 1 rings (SSSR count). The molecule has 1 atom stereocenters. The molecule has 1 unspecified atom stereocenters. The summed E-state index contributed by atoms with van der Waals surface area (Å²) in [4.78, 5) is 0. The Balaban J connectivity index is 2.74. The molecule has 0 aliphatic rings. The Bertz CT molecular complexity index is 323. The summed E-state index contributed by atoms with van der Waals surface area (Å²) in [7, 11) is 0. The lowest BCUT2D eigenvalue weighted by Crippen LogP contribution is -2.19. The Labute approximate surface area is 85.8 Å². The van der Waals surface area contributed by atoms with Crippen LogP contribution in [0.15, 0.2) is 24.3 Å². The van der Waals surface area contributed by atoms with Crippen molar-refractivity contribution in [1.82, 2.24) is 0 Å². The normalized spacial score (nSPS) is 13.7. The molecule has 15 heavy (non-hydrogen) atoms. The number of rotatable bonds is 3. The minimum absolute atomic E-state index is 0.0915. The van der Waals surface area contributed by atoms with Crippen LogP contribution in [0.4, 0.5) is 13.2 Å². The molecular weight excluding hydrogens is 207 g/mol. The Morgan fingerprint density at radius 1 is 1.40 bits per heavy atom. The quantitative estimate of drug-likeness (QED) is 0.847. The second-order valence-electron chi connectivity index (χ2n) is 3.38. The van der Waals surface area contributed by atoms with E-state index in [-0.39, 0.29) is 11.8 Å². The van der Waals surface area contributed by atoms with Crippen molar-refractivity contribution >= 4 is 0 Å². The molecule has 0 bridgehead atoms. The van der Waals surface area contributed by atoms with Gasteiger partial charge in [0.25, 0.3) is 0 Å². The average molecular weight is 219 g/mol. The van der Waals surface area contributed by atoms with Gasteiger partial charge < -0.3 is 10.5 Å². The molecule has 2 N–H and O–H groups in total. The van der Waals surface area contributed by atoms with E-state index < -0.39 is 6.36 Å². The largest absolute Gasteiger partial charge is 0.573 e. The molecule has 0 saturated carbocycles. The van der Waals surface area contributed by atoms with Crippen LogP contribution in [0, 0.1) is 0 Å². The summed E-state index contributed by atoms with van der Waals surface area (Å²) in [5, 5.41) is 0. The smallest absolute Gasteiger partial charge is 0.406 e. The Morgan fingerprint density at radius 2 is 2.07 bits per heavy atom. The molecular formula is C10H12F3NO. The summed E-state index contributed by atoms with van der Waals surface area (Å²) in [5.74, 6) is -0.208. The molecule has 2 nitrogen and oxygen atoms in total. The van der Waals surface area contributed by atoms with Crippen LogP contribution >= 0.6 is 0 Å². The maximum atomic E-state index is 11.9. The van der Waals surface area contributed by atoms with Gasteiger partial charge in [-0.25, -0.2) is 0 Å². The second kappa shape index (κ2) is 4.53. The Hall–Kier alpha value is -1.23. The summed E-state index contributed by atoms with van der Waals surface area (Å²) < 4.78 is 39.4. The highest BCUT2D eigenvalue weighted by Gasteiger charge is 2.31. The Morgan fingerprint density at radius 3 is 2.60 bits per heavy atom. The summed E-state index contributed by atoms with van der Waals surface area (Å²) in [6, 6.07) is 5.74. The van der Waals surface area contributed by atoms with Crippen molar-refractivity contribution in [3.8, 4) is 5.75 Å². The molecule has 0 amide bonds. The Kier molecular flexibility index (Phi) is 3.57. The van der Waals surface area contributed by atoms with Gasteiger partial charge in [-0.3, -0.25) is 0 Å². The molecule has 0 fully saturated rings. The molecule has 1 aromatic rings. The summed E-state index contributed by atoms with van der Waals surface area (Å²) in [6.45, 7) is 1.79. The predicted molar refractivity (Wildman–Crippen MR) is 50.5 cm³/mol. The SMILES string of the molecule is CC(N)Cc1cccc(OC(F)(F)F)c1. The highest BCUT2D eigenvalue weighted by atomic mass is 19.4. The van der Waals surface area contributed by atoms with Gasteiger partial charge in [0.15, 0.2) is 0 Å². The highest BCUT2D eigenvalue weighted by Crippen LogP contribution is 2.23. The number of alkyl halides is 3. The van der Waals surface area contributed by atoms with E-state index in [0.717, 1.165) is 5.56 Å². The molecule has 0 aromatic heterocycles. The molecule has 0 spiro atoms. The number of hydrogen-bond acceptors (Lipinski definition) is 2.